The Morgan fingerprint density at radius 3 is 2.45 bits per heavy atom. The number of alkyl halides is 2. The van der Waals surface area contributed by atoms with Gasteiger partial charge in [-0.05, 0) is 24.3 Å². The van der Waals surface area contributed by atoms with Crippen LogP contribution in [0.1, 0.15) is 0 Å². The van der Waals surface area contributed by atoms with Crippen LogP contribution in [-0.4, -0.2) is 11.2 Å². The topological polar surface area (TPSA) is 14.2 Å². The maximum Gasteiger partial charge on any atom is 0.387 e. The van der Waals surface area contributed by atoms with Crippen molar-refractivity contribution in [3.63, 3.8) is 0 Å². The van der Waals surface area contributed by atoms with Crippen molar-refractivity contribution >= 4 is 22.5 Å². The summed E-state index contributed by atoms with van der Waals surface area (Å²) in [4.78, 5) is 0. The maximum atomic E-state index is 12.6. The van der Waals surface area contributed by atoms with E-state index < -0.39 is 6.61 Å². The fraction of sp³-hybridized carbons (Fsp3) is 0.0667. The van der Waals surface area contributed by atoms with E-state index in [-0.39, 0.29) is 10.8 Å². The first kappa shape index (κ1) is 12.9. The Morgan fingerprint density at radius 2 is 1.75 bits per heavy atom. The third kappa shape index (κ3) is 2.23. The fourth-order valence-electron chi connectivity index (χ4n) is 2.18. The molecule has 3 aromatic rings. The molecule has 0 amide bonds. The second-order valence-electron chi connectivity index (χ2n) is 4.21. The minimum absolute atomic E-state index is 0.00646. The Balaban J connectivity index is 2.27. The van der Waals surface area contributed by atoms with Crippen LogP contribution >= 0.6 is 11.6 Å². The molecule has 0 unspecified atom stereocenters. The molecule has 20 heavy (non-hydrogen) atoms. The summed E-state index contributed by atoms with van der Waals surface area (Å²) < 4.78 is 31.5. The van der Waals surface area contributed by atoms with Crippen LogP contribution in [0.15, 0.2) is 54.7 Å². The molecule has 1 heterocycles. The SMILES string of the molecule is FC(F)Oc1c(Cl)ccc2ccn(-c3ccccc3)c12. The van der Waals surface area contributed by atoms with E-state index in [9.17, 15) is 8.78 Å². The van der Waals surface area contributed by atoms with Crippen molar-refractivity contribution in [2.75, 3.05) is 0 Å². The summed E-state index contributed by atoms with van der Waals surface area (Å²) in [5.74, 6) is -0.00646. The Kier molecular flexibility index (Phi) is 3.32. The van der Waals surface area contributed by atoms with Gasteiger partial charge in [-0.2, -0.15) is 8.78 Å². The molecule has 0 saturated heterocycles. The molecule has 0 aliphatic heterocycles. The van der Waals surface area contributed by atoms with Crippen molar-refractivity contribution in [3.8, 4) is 11.4 Å². The lowest BCUT2D eigenvalue weighted by atomic mass is 10.2. The summed E-state index contributed by atoms with van der Waals surface area (Å²) in [6.07, 6.45) is 1.80. The van der Waals surface area contributed by atoms with Crippen molar-refractivity contribution in [3.05, 3.63) is 59.8 Å². The number of benzene rings is 2. The molecule has 0 aliphatic carbocycles. The van der Waals surface area contributed by atoms with Gasteiger partial charge in [0, 0.05) is 17.3 Å². The zero-order valence-corrected chi connectivity index (χ0v) is 11.0. The molecule has 0 aliphatic rings. The monoisotopic (exact) mass is 293 g/mol. The molecule has 2 nitrogen and oxygen atoms in total. The molecule has 2 aromatic carbocycles. The van der Waals surface area contributed by atoms with Gasteiger partial charge in [-0.3, -0.25) is 0 Å². The number of hydrogen-bond donors (Lipinski definition) is 0. The van der Waals surface area contributed by atoms with Crippen LogP contribution < -0.4 is 4.74 Å². The van der Waals surface area contributed by atoms with Gasteiger partial charge in [0.25, 0.3) is 0 Å². The average Bonchev–Trinajstić information content (AvgIpc) is 2.87. The van der Waals surface area contributed by atoms with Crippen LogP contribution in [-0.2, 0) is 0 Å². The van der Waals surface area contributed by atoms with E-state index in [0.29, 0.717) is 5.52 Å². The zero-order chi connectivity index (χ0) is 14.1. The van der Waals surface area contributed by atoms with Gasteiger partial charge in [0.05, 0.1) is 10.5 Å². The van der Waals surface area contributed by atoms with E-state index in [2.05, 4.69) is 4.74 Å². The number of halogens is 3. The summed E-state index contributed by atoms with van der Waals surface area (Å²) in [6, 6.07) is 14.6. The molecular formula is C15H10ClF2NO. The highest BCUT2D eigenvalue weighted by molar-refractivity contribution is 6.33. The highest BCUT2D eigenvalue weighted by Gasteiger charge is 2.16. The van der Waals surface area contributed by atoms with Crippen LogP contribution in [0.3, 0.4) is 0 Å². The molecule has 5 heteroatoms. The van der Waals surface area contributed by atoms with Gasteiger partial charge in [0.1, 0.15) is 0 Å². The minimum Gasteiger partial charge on any atom is -0.431 e. The first-order chi connectivity index (χ1) is 9.66. The van der Waals surface area contributed by atoms with Gasteiger partial charge in [0.15, 0.2) is 5.75 Å². The number of para-hydroxylation sites is 1. The van der Waals surface area contributed by atoms with E-state index in [1.54, 1.807) is 22.9 Å². The summed E-state index contributed by atoms with van der Waals surface area (Å²) >= 11 is 5.99. The number of rotatable bonds is 3. The zero-order valence-electron chi connectivity index (χ0n) is 10.3. The highest BCUT2D eigenvalue weighted by Crippen LogP contribution is 2.36. The van der Waals surface area contributed by atoms with Crippen molar-refractivity contribution < 1.29 is 13.5 Å². The summed E-state index contributed by atoms with van der Waals surface area (Å²) in [5, 5.41) is 0.947. The van der Waals surface area contributed by atoms with Crippen LogP contribution in [0.25, 0.3) is 16.6 Å². The molecule has 102 valence electrons. The number of hydrogen-bond acceptors (Lipinski definition) is 1. The van der Waals surface area contributed by atoms with Crippen molar-refractivity contribution in [1.29, 1.82) is 0 Å². The predicted octanol–water partition coefficient (Wildman–Crippen LogP) is 4.89. The molecule has 0 spiro atoms. The Hall–Kier alpha value is -2.07. The van der Waals surface area contributed by atoms with Gasteiger partial charge in [-0.1, -0.05) is 35.9 Å². The van der Waals surface area contributed by atoms with E-state index in [0.717, 1.165) is 11.1 Å². The predicted molar refractivity (Wildman–Crippen MR) is 74.9 cm³/mol. The average molecular weight is 294 g/mol. The Morgan fingerprint density at radius 1 is 1.00 bits per heavy atom. The Labute approximate surface area is 119 Å². The second kappa shape index (κ2) is 5.13. The quantitative estimate of drug-likeness (QED) is 0.671. The number of nitrogens with zero attached hydrogens (tertiary/aromatic N) is 1. The molecule has 0 saturated carbocycles. The molecule has 1 aromatic heterocycles. The maximum absolute atomic E-state index is 12.6. The van der Waals surface area contributed by atoms with Gasteiger partial charge in [-0.15, -0.1) is 0 Å². The van der Waals surface area contributed by atoms with E-state index in [4.69, 9.17) is 11.6 Å². The van der Waals surface area contributed by atoms with Gasteiger partial charge in [-0.25, -0.2) is 0 Å². The van der Waals surface area contributed by atoms with E-state index in [1.165, 1.54) is 0 Å². The number of fused-ring (bicyclic) bond motifs is 1. The standard InChI is InChI=1S/C15H10ClF2NO/c16-12-7-6-10-8-9-19(11-4-2-1-3-5-11)13(10)14(12)20-15(17)18/h1-9,15H. The third-order valence-electron chi connectivity index (χ3n) is 3.00. The fourth-order valence-corrected chi connectivity index (χ4v) is 2.38. The molecule has 0 N–H and O–H groups in total. The lowest BCUT2D eigenvalue weighted by Crippen LogP contribution is -2.04. The lowest BCUT2D eigenvalue weighted by molar-refractivity contribution is -0.0489. The normalized spacial score (nSPS) is 11.2. The van der Waals surface area contributed by atoms with Gasteiger partial charge < -0.3 is 9.30 Å². The second-order valence-corrected chi connectivity index (χ2v) is 4.62. The molecule has 0 fully saturated rings. The number of aromatic nitrogens is 1. The van der Waals surface area contributed by atoms with Crippen molar-refractivity contribution in [2.45, 2.75) is 6.61 Å². The molecule has 0 atom stereocenters. The largest absolute Gasteiger partial charge is 0.431 e. The van der Waals surface area contributed by atoms with E-state index >= 15 is 0 Å². The molecular weight excluding hydrogens is 284 g/mol. The van der Waals surface area contributed by atoms with Crippen LogP contribution in [0.2, 0.25) is 5.02 Å². The molecule has 0 bridgehead atoms. The summed E-state index contributed by atoms with van der Waals surface area (Å²) in [6.45, 7) is -2.92. The van der Waals surface area contributed by atoms with Gasteiger partial charge in [0.2, 0.25) is 0 Å². The smallest absolute Gasteiger partial charge is 0.387 e. The highest BCUT2D eigenvalue weighted by atomic mass is 35.5. The number of ether oxygens (including phenoxy) is 1. The third-order valence-corrected chi connectivity index (χ3v) is 3.30. The van der Waals surface area contributed by atoms with Crippen LogP contribution in [0.5, 0.6) is 5.75 Å². The summed E-state index contributed by atoms with van der Waals surface area (Å²) in [7, 11) is 0. The lowest BCUT2D eigenvalue weighted by Gasteiger charge is -2.12. The molecule has 3 rings (SSSR count). The van der Waals surface area contributed by atoms with Gasteiger partial charge >= 0.3 is 6.61 Å². The van der Waals surface area contributed by atoms with Crippen molar-refractivity contribution in [2.24, 2.45) is 0 Å². The first-order valence-corrected chi connectivity index (χ1v) is 6.34. The minimum atomic E-state index is -2.92. The van der Waals surface area contributed by atoms with E-state index in [1.807, 2.05) is 36.4 Å². The summed E-state index contributed by atoms with van der Waals surface area (Å²) in [5.41, 5.74) is 1.38. The Bertz CT molecular complexity index is 740. The van der Waals surface area contributed by atoms with Crippen LogP contribution in [0.4, 0.5) is 8.78 Å². The first-order valence-electron chi connectivity index (χ1n) is 5.96. The molecule has 0 radical (unpaired) electrons. The van der Waals surface area contributed by atoms with Crippen molar-refractivity contribution in [1.82, 2.24) is 4.57 Å². The van der Waals surface area contributed by atoms with Crippen LogP contribution in [0, 0.1) is 0 Å².